The molecule has 0 spiro atoms. The van der Waals surface area contributed by atoms with Crippen molar-refractivity contribution >= 4 is 5.95 Å². The van der Waals surface area contributed by atoms with Crippen molar-refractivity contribution < 1.29 is 9.84 Å². The Morgan fingerprint density at radius 2 is 1.93 bits per heavy atom. The molecule has 1 aromatic carbocycles. The lowest BCUT2D eigenvalue weighted by molar-refractivity contribution is -0.00576. The second-order valence-corrected chi connectivity index (χ2v) is 7.60. The molecular formula is C20H26N4O3. The number of nitrogens with one attached hydrogen (secondary N) is 1. The number of phenols is 1. The second kappa shape index (κ2) is 7.32. The maximum atomic E-state index is 12.6. The third-order valence-corrected chi connectivity index (χ3v) is 5.20. The molecule has 0 amide bonds. The maximum absolute atomic E-state index is 12.6. The van der Waals surface area contributed by atoms with E-state index in [9.17, 15) is 9.90 Å². The molecule has 2 N–H and O–H groups in total. The van der Waals surface area contributed by atoms with Crippen molar-refractivity contribution in [3.8, 4) is 5.75 Å². The number of H-pyrrole nitrogens is 1. The summed E-state index contributed by atoms with van der Waals surface area (Å²) in [5.74, 6) is 0.918. The standard InChI is InChI=1S/C20H26N4O3/c1-13-9-24(10-14(2)27-13)20-21-18-12-23(8-7-17(18)19(26)22-20)11-15-3-5-16(25)6-4-15/h3-6,13-14,25H,7-12H2,1-2H3,(H,21,22,26)/t13-,14+. The van der Waals surface area contributed by atoms with Crippen LogP contribution in [-0.4, -0.2) is 51.8 Å². The van der Waals surface area contributed by atoms with Crippen LogP contribution >= 0.6 is 0 Å². The second-order valence-electron chi connectivity index (χ2n) is 7.60. The van der Waals surface area contributed by atoms with Crippen molar-refractivity contribution in [3.63, 3.8) is 0 Å². The Balaban J connectivity index is 1.54. The highest BCUT2D eigenvalue weighted by Gasteiger charge is 2.26. The molecular weight excluding hydrogens is 344 g/mol. The van der Waals surface area contributed by atoms with Crippen molar-refractivity contribution in [1.82, 2.24) is 14.9 Å². The summed E-state index contributed by atoms with van der Waals surface area (Å²) in [7, 11) is 0. The van der Waals surface area contributed by atoms with E-state index in [4.69, 9.17) is 9.72 Å². The van der Waals surface area contributed by atoms with E-state index in [1.807, 2.05) is 26.0 Å². The van der Waals surface area contributed by atoms with E-state index in [0.29, 0.717) is 18.9 Å². The lowest BCUT2D eigenvalue weighted by Gasteiger charge is -2.36. The lowest BCUT2D eigenvalue weighted by atomic mass is 10.1. The molecule has 27 heavy (non-hydrogen) atoms. The SMILES string of the molecule is C[C@@H]1CN(c2nc3c(c(=O)[nH]2)CCN(Cc2ccc(O)cc2)C3)C[C@H](C)O1. The average molecular weight is 370 g/mol. The summed E-state index contributed by atoms with van der Waals surface area (Å²) in [5.41, 5.74) is 2.78. The van der Waals surface area contributed by atoms with Crippen LogP contribution in [0.1, 0.15) is 30.7 Å². The summed E-state index contributed by atoms with van der Waals surface area (Å²) in [4.78, 5) is 24.8. The van der Waals surface area contributed by atoms with Crippen LogP contribution in [0.15, 0.2) is 29.1 Å². The highest BCUT2D eigenvalue weighted by Crippen LogP contribution is 2.21. The quantitative estimate of drug-likeness (QED) is 0.855. The van der Waals surface area contributed by atoms with E-state index < -0.39 is 0 Å². The number of aromatic nitrogens is 2. The number of phenolic OH excluding ortho intramolecular Hbond substituents is 1. The highest BCUT2D eigenvalue weighted by molar-refractivity contribution is 5.35. The van der Waals surface area contributed by atoms with Crippen LogP contribution in [0.2, 0.25) is 0 Å². The van der Waals surface area contributed by atoms with E-state index in [1.165, 1.54) is 0 Å². The highest BCUT2D eigenvalue weighted by atomic mass is 16.5. The zero-order chi connectivity index (χ0) is 19.0. The molecule has 7 heteroatoms. The number of rotatable bonds is 3. The normalized spacial score (nSPS) is 23.3. The van der Waals surface area contributed by atoms with Gasteiger partial charge in [-0.15, -0.1) is 0 Å². The van der Waals surface area contributed by atoms with Crippen LogP contribution in [0.4, 0.5) is 5.95 Å². The topological polar surface area (TPSA) is 81.7 Å². The first kappa shape index (κ1) is 18.0. The van der Waals surface area contributed by atoms with Gasteiger partial charge in [0.2, 0.25) is 5.95 Å². The summed E-state index contributed by atoms with van der Waals surface area (Å²) in [6.07, 6.45) is 0.925. The zero-order valence-corrected chi connectivity index (χ0v) is 15.8. The lowest BCUT2D eigenvalue weighted by Crippen LogP contribution is -2.47. The van der Waals surface area contributed by atoms with E-state index >= 15 is 0 Å². The van der Waals surface area contributed by atoms with E-state index in [-0.39, 0.29) is 23.5 Å². The number of aromatic amines is 1. The first-order chi connectivity index (χ1) is 13.0. The maximum Gasteiger partial charge on any atom is 0.255 e. The number of fused-ring (bicyclic) bond motifs is 1. The van der Waals surface area contributed by atoms with Crippen molar-refractivity contribution in [3.05, 3.63) is 51.4 Å². The molecule has 2 aliphatic rings. The number of benzene rings is 1. The van der Waals surface area contributed by atoms with Crippen molar-refractivity contribution in [2.75, 3.05) is 24.5 Å². The molecule has 2 aromatic rings. The molecule has 0 saturated carbocycles. The fraction of sp³-hybridized carbons (Fsp3) is 0.500. The minimum absolute atomic E-state index is 0.0221. The molecule has 2 atom stereocenters. The molecule has 0 radical (unpaired) electrons. The molecule has 1 fully saturated rings. The number of hydrogen-bond acceptors (Lipinski definition) is 6. The van der Waals surface area contributed by atoms with Gasteiger partial charge in [0, 0.05) is 38.3 Å². The van der Waals surface area contributed by atoms with Crippen molar-refractivity contribution in [2.45, 2.75) is 45.6 Å². The molecule has 3 heterocycles. The van der Waals surface area contributed by atoms with Gasteiger partial charge in [0.05, 0.1) is 17.9 Å². The van der Waals surface area contributed by atoms with Gasteiger partial charge in [0.25, 0.3) is 5.56 Å². The Morgan fingerprint density at radius 3 is 2.63 bits per heavy atom. The summed E-state index contributed by atoms with van der Waals surface area (Å²) in [6, 6.07) is 7.26. The molecule has 0 bridgehead atoms. The Labute approximate surface area is 158 Å². The molecule has 2 aliphatic heterocycles. The van der Waals surface area contributed by atoms with Crippen molar-refractivity contribution in [1.29, 1.82) is 0 Å². The van der Waals surface area contributed by atoms with Crippen LogP contribution in [0, 0.1) is 0 Å². The molecule has 7 nitrogen and oxygen atoms in total. The van der Waals surface area contributed by atoms with Gasteiger partial charge >= 0.3 is 0 Å². The van der Waals surface area contributed by atoms with Gasteiger partial charge in [-0.2, -0.15) is 0 Å². The zero-order valence-electron chi connectivity index (χ0n) is 15.8. The van der Waals surface area contributed by atoms with Gasteiger partial charge < -0.3 is 14.7 Å². The van der Waals surface area contributed by atoms with Gasteiger partial charge in [0.15, 0.2) is 0 Å². The molecule has 0 aliphatic carbocycles. The molecule has 1 saturated heterocycles. The van der Waals surface area contributed by atoms with Crippen molar-refractivity contribution in [2.24, 2.45) is 0 Å². The summed E-state index contributed by atoms with van der Waals surface area (Å²) < 4.78 is 5.79. The van der Waals surface area contributed by atoms with E-state index in [0.717, 1.165) is 43.0 Å². The summed E-state index contributed by atoms with van der Waals surface area (Å²) >= 11 is 0. The largest absolute Gasteiger partial charge is 0.508 e. The Morgan fingerprint density at radius 1 is 1.22 bits per heavy atom. The first-order valence-corrected chi connectivity index (χ1v) is 9.50. The average Bonchev–Trinajstić information content (AvgIpc) is 2.62. The van der Waals surface area contributed by atoms with Gasteiger partial charge in [-0.1, -0.05) is 12.1 Å². The minimum atomic E-state index is -0.0221. The number of hydrogen-bond donors (Lipinski definition) is 2. The van der Waals surface area contributed by atoms with Crippen LogP contribution in [0.25, 0.3) is 0 Å². The smallest absolute Gasteiger partial charge is 0.255 e. The molecule has 0 unspecified atom stereocenters. The summed E-state index contributed by atoms with van der Waals surface area (Å²) in [6.45, 7) is 7.78. The Kier molecular flexibility index (Phi) is 4.88. The first-order valence-electron chi connectivity index (χ1n) is 9.50. The fourth-order valence-electron chi connectivity index (χ4n) is 3.98. The predicted molar refractivity (Wildman–Crippen MR) is 103 cm³/mol. The molecule has 4 rings (SSSR count). The number of nitrogens with zero attached hydrogens (tertiary/aromatic N) is 3. The van der Waals surface area contributed by atoms with Gasteiger partial charge in [0.1, 0.15) is 5.75 Å². The van der Waals surface area contributed by atoms with E-state index in [1.54, 1.807) is 12.1 Å². The third kappa shape index (κ3) is 3.99. The number of aromatic hydroxyl groups is 1. The van der Waals surface area contributed by atoms with Crippen LogP contribution in [0.5, 0.6) is 5.75 Å². The van der Waals surface area contributed by atoms with Crippen LogP contribution in [-0.2, 0) is 24.2 Å². The van der Waals surface area contributed by atoms with Gasteiger partial charge in [-0.3, -0.25) is 14.7 Å². The summed E-state index contributed by atoms with van der Waals surface area (Å²) in [5, 5.41) is 9.44. The monoisotopic (exact) mass is 370 g/mol. The third-order valence-electron chi connectivity index (χ3n) is 5.20. The predicted octanol–water partition coefficient (Wildman–Crippen LogP) is 1.65. The number of ether oxygens (including phenoxy) is 1. The van der Waals surface area contributed by atoms with Crippen LogP contribution < -0.4 is 10.5 Å². The molecule has 1 aromatic heterocycles. The van der Waals surface area contributed by atoms with E-state index in [2.05, 4.69) is 14.8 Å². The minimum Gasteiger partial charge on any atom is -0.508 e. The Bertz CT molecular complexity index is 855. The molecule has 144 valence electrons. The van der Waals surface area contributed by atoms with Crippen LogP contribution in [0.3, 0.4) is 0 Å². The number of anilines is 1. The number of morpholine rings is 1. The Hall–Kier alpha value is -2.38. The van der Waals surface area contributed by atoms with Gasteiger partial charge in [-0.25, -0.2) is 4.98 Å². The van der Waals surface area contributed by atoms with Gasteiger partial charge in [-0.05, 0) is 38.0 Å². The fourth-order valence-corrected chi connectivity index (χ4v) is 3.98.